The molecule has 1 N–H and O–H groups in total. The van der Waals surface area contributed by atoms with Gasteiger partial charge in [-0.05, 0) is 92.4 Å². The summed E-state index contributed by atoms with van der Waals surface area (Å²) in [6.45, 7) is 17.0. The number of aliphatic hydroxyl groups excluding tert-OH is 1. The summed E-state index contributed by atoms with van der Waals surface area (Å²) in [6.07, 6.45) is 3.84. The van der Waals surface area contributed by atoms with E-state index in [0.29, 0.717) is 19.3 Å². The number of esters is 2. The van der Waals surface area contributed by atoms with Gasteiger partial charge in [-0.2, -0.15) is 0 Å². The molecular weight excluding hydrogens is 560 g/mol. The van der Waals surface area contributed by atoms with E-state index in [1.807, 2.05) is 26.0 Å². The number of rotatable bonds is 7. The second kappa shape index (κ2) is 10.7. The second-order valence-electron chi connectivity index (χ2n) is 15.2. The van der Waals surface area contributed by atoms with Crippen LogP contribution in [0.1, 0.15) is 78.7 Å². The molecule has 5 rings (SSSR count). The molecule has 0 aromatic heterocycles. The lowest BCUT2D eigenvalue weighted by Crippen LogP contribution is -2.58. The highest BCUT2D eigenvalue weighted by molar-refractivity contribution is 6.74. The summed E-state index contributed by atoms with van der Waals surface area (Å²) in [7, 11) is -0.656. The van der Waals surface area contributed by atoms with E-state index < -0.39 is 31.4 Å². The van der Waals surface area contributed by atoms with Crippen LogP contribution in [0.2, 0.25) is 18.1 Å². The highest BCUT2D eigenvalue weighted by atomic mass is 28.4. The minimum absolute atomic E-state index is 0.0331. The van der Waals surface area contributed by atoms with Gasteiger partial charge in [0.2, 0.25) is 8.32 Å². The van der Waals surface area contributed by atoms with Crippen molar-refractivity contribution in [1.29, 1.82) is 0 Å². The Kier molecular flexibility index (Phi) is 7.91. The monoisotopic (exact) mass is 608 g/mol. The molecule has 7 nitrogen and oxygen atoms in total. The van der Waals surface area contributed by atoms with Gasteiger partial charge in [0.15, 0.2) is 5.78 Å². The van der Waals surface area contributed by atoms with Crippen molar-refractivity contribution < 1.29 is 33.4 Å². The maximum absolute atomic E-state index is 13.7. The second-order valence-corrected chi connectivity index (χ2v) is 19.9. The highest BCUT2D eigenvalue weighted by Gasteiger charge is 2.69. The van der Waals surface area contributed by atoms with Crippen LogP contribution in [0.5, 0.6) is 5.75 Å². The molecule has 1 saturated carbocycles. The number of hydrogen-bond acceptors (Lipinski definition) is 7. The normalized spacial score (nSPS) is 35.6. The summed E-state index contributed by atoms with van der Waals surface area (Å²) in [5.41, 5.74) is 1.30. The van der Waals surface area contributed by atoms with Gasteiger partial charge < -0.3 is 19.0 Å². The molecule has 0 radical (unpaired) electrons. The molecule has 2 fully saturated rings. The van der Waals surface area contributed by atoms with Gasteiger partial charge in [0.05, 0.1) is 18.6 Å². The number of ether oxygens (including phenoxy) is 2. The number of methoxy groups -OCH3 is 1. The van der Waals surface area contributed by atoms with E-state index in [-0.39, 0.29) is 52.9 Å². The van der Waals surface area contributed by atoms with Gasteiger partial charge in [0, 0.05) is 23.7 Å². The van der Waals surface area contributed by atoms with Crippen LogP contribution in [-0.4, -0.2) is 50.5 Å². The summed E-state index contributed by atoms with van der Waals surface area (Å²) < 4.78 is 17.6. The standard InChI is InChI=1S/C35H48O7Si/c1-20-24(21-11-10-12-23(15-21)42-43(8,9)33(2,3)4)18-27(36)25(20)16-22-17-28-31-34(5,32(39)41-28)14-13-29(37)35(31,6)26(22)19-30(38)40-7/h10-15,22,24,26-28,31,36H,16-19H2,1-9H3/t22-,24-,26+,27+,28+,31+,34-,35+/m1/s1. The first kappa shape index (κ1) is 31.7. The van der Waals surface area contributed by atoms with E-state index >= 15 is 0 Å². The number of hydrogen-bond donors (Lipinski definition) is 1. The van der Waals surface area contributed by atoms with Crippen molar-refractivity contribution in [3.63, 3.8) is 0 Å². The van der Waals surface area contributed by atoms with Gasteiger partial charge >= 0.3 is 11.9 Å². The SMILES string of the molecule is COC(=O)C[C@H]1[C@H](CC2=C(C)[C@H](c3cccc(O[Si](C)(C)C(C)(C)C)c3)C[C@@H]2O)C[C@@H]2OC(=O)[C@]3(C)C=CC(=O)[C@@]1(C)[C@@H]23. The molecule has 1 saturated heterocycles. The number of benzene rings is 1. The van der Waals surface area contributed by atoms with Crippen molar-refractivity contribution in [2.75, 3.05) is 7.11 Å². The first-order chi connectivity index (χ1) is 19.9. The average molecular weight is 609 g/mol. The van der Waals surface area contributed by atoms with Crippen LogP contribution >= 0.6 is 0 Å². The van der Waals surface area contributed by atoms with Gasteiger partial charge in [0.1, 0.15) is 11.9 Å². The Bertz CT molecular complexity index is 1390. The molecule has 8 atom stereocenters. The fraction of sp³-hybridized carbons (Fsp3) is 0.629. The topological polar surface area (TPSA) is 99.1 Å². The highest BCUT2D eigenvalue weighted by Crippen LogP contribution is 2.64. The smallest absolute Gasteiger partial charge is 0.316 e. The molecule has 0 unspecified atom stereocenters. The number of allylic oxidation sites excluding steroid dienone is 2. The van der Waals surface area contributed by atoms with Crippen molar-refractivity contribution in [2.24, 2.45) is 28.6 Å². The van der Waals surface area contributed by atoms with Gasteiger partial charge in [-0.1, -0.05) is 51.5 Å². The van der Waals surface area contributed by atoms with E-state index in [4.69, 9.17) is 13.9 Å². The van der Waals surface area contributed by atoms with Gasteiger partial charge in [-0.3, -0.25) is 14.4 Å². The molecular formula is C35H48O7Si. The van der Waals surface area contributed by atoms with E-state index in [2.05, 4.69) is 52.9 Å². The lowest BCUT2D eigenvalue weighted by atomic mass is 9.46. The Morgan fingerprint density at radius 1 is 1.16 bits per heavy atom. The molecule has 4 aliphatic rings. The number of ketones is 1. The third-order valence-corrected chi connectivity index (χ3v) is 16.1. The zero-order valence-corrected chi connectivity index (χ0v) is 28.2. The predicted molar refractivity (Wildman–Crippen MR) is 167 cm³/mol. The molecule has 1 aromatic rings. The van der Waals surface area contributed by atoms with Crippen LogP contribution in [0.25, 0.3) is 0 Å². The van der Waals surface area contributed by atoms with E-state index in [1.165, 1.54) is 13.2 Å². The van der Waals surface area contributed by atoms with Crippen molar-refractivity contribution in [3.8, 4) is 5.75 Å². The minimum Gasteiger partial charge on any atom is -0.543 e. The molecule has 0 spiro atoms. The molecule has 8 heteroatoms. The predicted octanol–water partition coefficient (Wildman–Crippen LogP) is 6.52. The van der Waals surface area contributed by atoms with E-state index in [9.17, 15) is 19.5 Å². The summed E-state index contributed by atoms with van der Waals surface area (Å²) >= 11 is 0. The largest absolute Gasteiger partial charge is 0.543 e. The lowest BCUT2D eigenvalue weighted by molar-refractivity contribution is -0.156. The third-order valence-electron chi connectivity index (χ3n) is 11.8. The minimum atomic E-state index is -2.02. The van der Waals surface area contributed by atoms with Gasteiger partial charge in [-0.15, -0.1) is 0 Å². The Hall–Kier alpha value is -2.71. The number of aliphatic hydroxyl groups is 1. The fourth-order valence-electron chi connectivity index (χ4n) is 8.26. The molecule has 1 heterocycles. The number of carbonyl (C=O) groups is 3. The van der Waals surface area contributed by atoms with Crippen molar-refractivity contribution in [1.82, 2.24) is 0 Å². The van der Waals surface area contributed by atoms with Crippen molar-refractivity contribution >= 4 is 26.0 Å². The first-order valence-corrected chi connectivity index (χ1v) is 18.5. The van der Waals surface area contributed by atoms with Crippen LogP contribution < -0.4 is 4.43 Å². The third kappa shape index (κ3) is 5.12. The molecule has 3 aliphatic carbocycles. The van der Waals surface area contributed by atoms with Gasteiger partial charge in [-0.25, -0.2) is 0 Å². The molecule has 1 aromatic carbocycles. The lowest BCUT2D eigenvalue weighted by Gasteiger charge is -2.54. The maximum atomic E-state index is 13.7. The first-order valence-electron chi connectivity index (χ1n) is 15.6. The molecule has 1 aliphatic heterocycles. The molecule has 0 bridgehead atoms. The van der Waals surface area contributed by atoms with Crippen molar-refractivity contribution in [2.45, 2.75) is 103 Å². The Morgan fingerprint density at radius 2 is 1.86 bits per heavy atom. The van der Waals surface area contributed by atoms with Crippen LogP contribution in [-0.2, 0) is 23.9 Å². The van der Waals surface area contributed by atoms with Crippen LogP contribution in [0.3, 0.4) is 0 Å². The molecule has 43 heavy (non-hydrogen) atoms. The van der Waals surface area contributed by atoms with E-state index in [0.717, 1.165) is 22.5 Å². The Balaban J connectivity index is 1.47. The average Bonchev–Trinajstić information content (AvgIpc) is 3.35. The van der Waals surface area contributed by atoms with Crippen LogP contribution in [0.15, 0.2) is 47.6 Å². The quantitative estimate of drug-likeness (QED) is 0.214. The summed E-state index contributed by atoms with van der Waals surface area (Å²) in [5, 5.41) is 11.5. The maximum Gasteiger partial charge on any atom is 0.316 e. The summed E-state index contributed by atoms with van der Waals surface area (Å²) in [6, 6.07) is 8.25. The van der Waals surface area contributed by atoms with Crippen LogP contribution in [0.4, 0.5) is 0 Å². The summed E-state index contributed by atoms with van der Waals surface area (Å²) in [4.78, 5) is 39.5. The molecule has 234 valence electrons. The summed E-state index contributed by atoms with van der Waals surface area (Å²) in [5.74, 6) is -0.737. The zero-order chi connectivity index (χ0) is 31.7. The number of carbonyl (C=O) groups excluding carboxylic acids is 3. The van der Waals surface area contributed by atoms with E-state index in [1.54, 1.807) is 6.08 Å². The van der Waals surface area contributed by atoms with Gasteiger partial charge in [0.25, 0.3) is 0 Å². The Labute approximate surface area is 257 Å². The molecule has 0 amide bonds. The fourth-order valence-corrected chi connectivity index (χ4v) is 9.28. The Morgan fingerprint density at radius 3 is 2.51 bits per heavy atom. The zero-order valence-electron chi connectivity index (χ0n) is 27.2. The van der Waals surface area contributed by atoms with Crippen molar-refractivity contribution in [3.05, 3.63) is 53.1 Å². The van der Waals surface area contributed by atoms with Crippen LogP contribution in [0, 0.1) is 28.6 Å².